The van der Waals surface area contributed by atoms with E-state index in [0.717, 1.165) is 22.9 Å². The first-order chi connectivity index (χ1) is 9.56. The molecule has 114 valence electrons. The third-order valence-electron chi connectivity index (χ3n) is 3.61. The van der Waals surface area contributed by atoms with Crippen molar-refractivity contribution in [2.75, 3.05) is 13.1 Å². The normalized spacial score (nSPS) is 16.0. The molecule has 2 aromatic rings. The second kappa shape index (κ2) is 6.71. The molecule has 0 aliphatic carbocycles. The van der Waals surface area contributed by atoms with Crippen LogP contribution >= 0.6 is 46.9 Å². The standard InChI is InChI=1S/C14H14Cl2N2OS.ClH/c15-8-1-2-10-11(7-8)20-13(12(10)16)14(19)18-5-3-9(17)4-6-18;/h1-2,7,9H,3-6,17H2;1H. The molecular formula is C14H15Cl3N2OS. The van der Waals surface area contributed by atoms with Gasteiger partial charge in [0, 0.05) is 34.2 Å². The molecule has 2 N–H and O–H groups in total. The van der Waals surface area contributed by atoms with Crippen molar-refractivity contribution in [3.05, 3.63) is 33.1 Å². The SMILES string of the molecule is Cl.NC1CCN(C(=O)c2sc3cc(Cl)ccc3c2Cl)CC1. The van der Waals surface area contributed by atoms with E-state index in [1.807, 2.05) is 17.0 Å². The number of piperidine rings is 1. The molecule has 1 amide bonds. The summed E-state index contributed by atoms with van der Waals surface area (Å²) in [4.78, 5) is 15.0. The van der Waals surface area contributed by atoms with Crippen molar-refractivity contribution < 1.29 is 4.79 Å². The number of carbonyl (C=O) groups excluding carboxylic acids is 1. The first kappa shape index (κ1) is 16.8. The Morgan fingerprint density at radius 3 is 2.62 bits per heavy atom. The van der Waals surface area contributed by atoms with E-state index in [0.29, 0.717) is 28.0 Å². The van der Waals surface area contributed by atoms with Gasteiger partial charge in [-0.3, -0.25) is 4.79 Å². The Hall–Kier alpha value is -0.520. The van der Waals surface area contributed by atoms with Crippen LogP contribution in [0, 0.1) is 0 Å². The van der Waals surface area contributed by atoms with E-state index in [-0.39, 0.29) is 24.4 Å². The van der Waals surface area contributed by atoms with Crippen LogP contribution in [0.5, 0.6) is 0 Å². The van der Waals surface area contributed by atoms with E-state index < -0.39 is 0 Å². The minimum atomic E-state index is -0.000720. The number of nitrogens with zero attached hydrogens (tertiary/aromatic N) is 1. The van der Waals surface area contributed by atoms with E-state index in [9.17, 15) is 4.79 Å². The zero-order valence-electron chi connectivity index (χ0n) is 11.1. The van der Waals surface area contributed by atoms with Crippen molar-refractivity contribution in [1.82, 2.24) is 4.90 Å². The molecule has 0 unspecified atom stereocenters. The molecule has 3 rings (SSSR count). The zero-order valence-corrected chi connectivity index (χ0v) is 14.3. The molecule has 0 spiro atoms. The van der Waals surface area contributed by atoms with Gasteiger partial charge in [0.15, 0.2) is 0 Å². The van der Waals surface area contributed by atoms with Gasteiger partial charge in [0.05, 0.1) is 5.02 Å². The minimum absolute atomic E-state index is 0. The smallest absolute Gasteiger partial charge is 0.265 e. The van der Waals surface area contributed by atoms with Crippen LogP contribution in [0.2, 0.25) is 10.0 Å². The van der Waals surface area contributed by atoms with Crippen LogP contribution in [0.1, 0.15) is 22.5 Å². The quantitative estimate of drug-likeness (QED) is 0.823. The monoisotopic (exact) mass is 364 g/mol. The molecule has 1 aliphatic heterocycles. The van der Waals surface area contributed by atoms with Crippen molar-refractivity contribution in [1.29, 1.82) is 0 Å². The summed E-state index contributed by atoms with van der Waals surface area (Å²) in [5.74, 6) is -0.000720. The highest BCUT2D eigenvalue weighted by Gasteiger charge is 2.25. The number of amides is 1. The third kappa shape index (κ3) is 3.30. The van der Waals surface area contributed by atoms with Crippen molar-refractivity contribution >= 4 is 62.9 Å². The molecule has 2 heterocycles. The highest BCUT2D eigenvalue weighted by atomic mass is 35.5. The fourth-order valence-corrected chi connectivity index (χ4v) is 4.18. The van der Waals surface area contributed by atoms with Crippen LogP contribution in [-0.4, -0.2) is 29.9 Å². The summed E-state index contributed by atoms with van der Waals surface area (Å²) in [6.07, 6.45) is 1.69. The Kier molecular flexibility index (Phi) is 5.38. The number of nitrogens with two attached hydrogens (primary N) is 1. The minimum Gasteiger partial charge on any atom is -0.338 e. The average Bonchev–Trinajstić information content (AvgIpc) is 2.75. The lowest BCUT2D eigenvalue weighted by molar-refractivity contribution is 0.0720. The molecule has 1 aromatic heterocycles. The number of likely N-dealkylation sites (tertiary alicyclic amines) is 1. The van der Waals surface area contributed by atoms with E-state index >= 15 is 0 Å². The van der Waals surface area contributed by atoms with Crippen LogP contribution in [0.3, 0.4) is 0 Å². The molecule has 0 atom stereocenters. The van der Waals surface area contributed by atoms with Crippen molar-refractivity contribution in [2.45, 2.75) is 18.9 Å². The van der Waals surface area contributed by atoms with Gasteiger partial charge in [-0.1, -0.05) is 29.3 Å². The van der Waals surface area contributed by atoms with Gasteiger partial charge in [-0.25, -0.2) is 0 Å². The second-order valence-electron chi connectivity index (χ2n) is 5.02. The number of halogens is 3. The molecular weight excluding hydrogens is 351 g/mol. The fraction of sp³-hybridized carbons (Fsp3) is 0.357. The first-order valence-electron chi connectivity index (χ1n) is 6.48. The second-order valence-corrected chi connectivity index (χ2v) is 6.88. The lowest BCUT2D eigenvalue weighted by atomic mass is 10.1. The predicted octanol–water partition coefficient (Wildman–Crippen LogP) is 4.19. The lowest BCUT2D eigenvalue weighted by Gasteiger charge is -2.29. The molecule has 7 heteroatoms. The highest BCUT2D eigenvalue weighted by Crippen LogP contribution is 2.37. The van der Waals surface area contributed by atoms with Gasteiger partial charge in [0.25, 0.3) is 5.91 Å². The number of fused-ring (bicyclic) bond motifs is 1. The molecule has 1 fully saturated rings. The molecule has 1 saturated heterocycles. The Morgan fingerprint density at radius 2 is 1.95 bits per heavy atom. The van der Waals surface area contributed by atoms with Crippen LogP contribution in [0.4, 0.5) is 0 Å². The highest BCUT2D eigenvalue weighted by molar-refractivity contribution is 7.21. The van der Waals surface area contributed by atoms with Crippen LogP contribution in [-0.2, 0) is 0 Å². The summed E-state index contributed by atoms with van der Waals surface area (Å²) in [5, 5.41) is 2.07. The topological polar surface area (TPSA) is 46.3 Å². The summed E-state index contributed by atoms with van der Waals surface area (Å²) in [6.45, 7) is 1.40. The number of benzene rings is 1. The fourth-order valence-electron chi connectivity index (χ4n) is 2.42. The van der Waals surface area contributed by atoms with Crippen LogP contribution < -0.4 is 5.73 Å². The van der Waals surface area contributed by atoms with Crippen LogP contribution in [0.15, 0.2) is 18.2 Å². The predicted molar refractivity (Wildman–Crippen MR) is 92.2 cm³/mol. The van der Waals surface area contributed by atoms with E-state index in [2.05, 4.69) is 0 Å². The maximum absolute atomic E-state index is 12.6. The number of hydrogen-bond donors (Lipinski definition) is 1. The molecule has 0 radical (unpaired) electrons. The average molecular weight is 366 g/mol. The first-order valence-corrected chi connectivity index (χ1v) is 8.06. The van der Waals surface area contributed by atoms with Gasteiger partial charge in [-0.15, -0.1) is 23.7 Å². The number of thiophene rings is 1. The van der Waals surface area contributed by atoms with Crippen LogP contribution in [0.25, 0.3) is 10.1 Å². The molecule has 0 saturated carbocycles. The van der Waals surface area contributed by atoms with E-state index in [1.54, 1.807) is 6.07 Å². The summed E-state index contributed by atoms with van der Waals surface area (Å²) in [5.41, 5.74) is 5.87. The molecule has 21 heavy (non-hydrogen) atoms. The largest absolute Gasteiger partial charge is 0.338 e. The maximum atomic E-state index is 12.6. The van der Waals surface area contributed by atoms with E-state index in [4.69, 9.17) is 28.9 Å². The molecule has 3 nitrogen and oxygen atoms in total. The van der Waals surface area contributed by atoms with Gasteiger partial charge in [0.1, 0.15) is 4.88 Å². The summed E-state index contributed by atoms with van der Waals surface area (Å²) in [6, 6.07) is 5.70. The summed E-state index contributed by atoms with van der Waals surface area (Å²) < 4.78 is 0.944. The number of carbonyl (C=O) groups is 1. The zero-order chi connectivity index (χ0) is 14.3. The number of rotatable bonds is 1. The summed E-state index contributed by atoms with van der Waals surface area (Å²) >= 11 is 13.7. The van der Waals surface area contributed by atoms with Crippen molar-refractivity contribution in [3.8, 4) is 0 Å². The molecule has 1 aromatic carbocycles. The Bertz CT molecular complexity index is 666. The molecule has 0 bridgehead atoms. The Morgan fingerprint density at radius 1 is 1.29 bits per heavy atom. The molecule has 1 aliphatic rings. The van der Waals surface area contributed by atoms with Gasteiger partial charge in [-0.05, 0) is 25.0 Å². The van der Waals surface area contributed by atoms with Crippen molar-refractivity contribution in [3.63, 3.8) is 0 Å². The van der Waals surface area contributed by atoms with Gasteiger partial charge >= 0.3 is 0 Å². The van der Waals surface area contributed by atoms with Gasteiger partial charge in [0.2, 0.25) is 0 Å². The lowest BCUT2D eigenvalue weighted by Crippen LogP contribution is -2.42. The Balaban J connectivity index is 0.00000161. The Labute approximate surface area is 143 Å². The van der Waals surface area contributed by atoms with E-state index in [1.165, 1.54) is 11.3 Å². The summed E-state index contributed by atoms with van der Waals surface area (Å²) in [7, 11) is 0. The van der Waals surface area contributed by atoms with Gasteiger partial charge < -0.3 is 10.6 Å². The van der Waals surface area contributed by atoms with Crippen molar-refractivity contribution in [2.24, 2.45) is 5.73 Å². The third-order valence-corrected chi connectivity index (χ3v) is 5.49. The number of hydrogen-bond acceptors (Lipinski definition) is 3. The maximum Gasteiger partial charge on any atom is 0.265 e. The van der Waals surface area contributed by atoms with Gasteiger partial charge in [-0.2, -0.15) is 0 Å².